The predicted molar refractivity (Wildman–Crippen MR) is 223 cm³/mol. The van der Waals surface area contributed by atoms with Crippen LogP contribution in [-0.4, -0.2) is 98.8 Å². The largest absolute Gasteiger partial charge is 0.462 e. The number of carbonyl (C=O) groups is 4. The summed E-state index contributed by atoms with van der Waals surface area (Å²) in [5.74, 6) is -2.19. The maximum atomic E-state index is 13.4. The Bertz CT molecular complexity index is 1960. The molecule has 1 aliphatic carbocycles. The summed E-state index contributed by atoms with van der Waals surface area (Å²) >= 11 is 3.55. The molecule has 5 rings (SSSR count). The van der Waals surface area contributed by atoms with Gasteiger partial charge >= 0.3 is 11.9 Å². The van der Waals surface area contributed by atoms with E-state index in [4.69, 9.17) is 9.47 Å². The minimum Gasteiger partial charge on any atom is -0.462 e. The molecule has 6 atom stereocenters. The van der Waals surface area contributed by atoms with E-state index in [9.17, 15) is 29.4 Å². The topological polar surface area (TPSA) is 193 Å². The van der Waals surface area contributed by atoms with Gasteiger partial charge in [-0.15, -0.1) is 0 Å². The first-order valence-corrected chi connectivity index (χ1v) is 20.7. The molecule has 1 unspecified atom stereocenters. The number of ether oxygens (including phenoxy) is 2. The number of benzene rings is 2. The van der Waals surface area contributed by atoms with Crippen LogP contribution >= 0.6 is 15.9 Å². The zero-order chi connectivity index (χ0) is 41.4. The molecular formula is C43H53BrN6O8. The first kappa shape index (κ1) is 44.1. The number of rotatable bonds is 19. The number of aromatic nitrogens is 2. The smallest absolute Gasteiger partial charge is 0.307 e. The predicted octanol–water partition coefficient (Wildman–Crippen LogP) is 5.43. The van der Waals surface area contributed by atoms with Crippen molar-refractivity contribution in [2.45, 2.75) is 96.1 Å². The number of esters is 2. The second-order valence-electron chi connectivity index (χ2n) is 14.4. The number of aryl methyl sites for hydroxylation is 1. The van der Waals surface area contributed by atoms with E-state index >= 15 is 0 Å². The van der Waals surface area contributed by atoms with Crippen LogP contribution in [0.3, 0.4) is 0 Å². The molecule has 15 heteroatoms. The lowest BCUT2D eigenvalue weighted by Gasteiger charge is -2.23. The van der Waals surface area contributed by atoms with Crippen LogP contribution in [0.15, 0.2) is 88.6 Å². The van der Waals surface area contributed by atoms with E-state index in [1.807, 2.05) is 55.5 Å². The Kier molecular flexibility index (Phi) is 16.9. The average molecular weight is 862 g/mol. The summed E-state index contributed by atoms with van der Waals surface area (Å²) < 4.78 is 12.0. The van der Waals surface area contributed by atoms with Crippen molar-refractivity contribution in [3.8, 4) is 0 Å². The number of amides is 2. The van der Waals surface area contributed by atoms with Gasteiger partial charge in [-0.2, -0.15) is 0 Å². The van der Waals surface area contributed by atoms with E-state index in [1.165, 1.54) is 11.8 Å². The van der Waals surface area contributed by atoms with Gasteiger partial charge in [0.05, 0.1) is 47.3 Å². The second-order valence-corrected chi connectivity index (χ2v) is 15.2. The summed E-state index contributed by atoms with van der Waals surface area (Å²) in [6, 6.07) is 13.5. The monoisotopic (exact) mass is 860 g/mol. The normalized spacial score (nSPS) is 20.3. The highest BCUT2D eigenvalue weighted by atomic mass is 79.9. The van der Waals surface area contributed by atoms with Crippen molar-refractivity contribution in [1.29, 1.82) is 0 Å². The molecule has 2 aliphatic rings. The quantitative estimate of drug-likeness (QED) is 0.0683. The maximum absolute atomic E-state index is 13.4. The van der Waals surface area contributed by atoms with Crippen LogP contribution in [0.2, 0.25) is 0 Å². The molecule has 2 heterocycles. The molecule has 0 radical (unpaired) electrons. The zero-order valence-corrected chi connectivity index (χ0v) is 34.6. The molecule has 1 fully saturated rings. The summed E-state index contributed by atoms with van der Waals surface area (Å²) in [6.45, 7) is 4.60. The summed E-state index contributed by atoms with van der Waals surface area (Å²) in [5.41, 5.74) is 3.09. The highest BCUT2D eigenvalue weighted by molar-refractivity contribution is 9.10. The van der Waals surface area contributed by atoms with Crippen molar-refractivity contribution in [1.82, 2.24) is 20.2 Å². The maximum Gasteiger partial charge on any atom is 0.307 e. The molecule has 3 aromatic rings. The van der Waals surface area contributed by atoms with E-state index < -0.39 is 42.3 Å². The van der Waals surface area contributed by atoms with Crippen molar-refractivity contribution in [2.24, 2.45) is 16.8 Å². The number of aliphatic hydroxyl groups is 2. The fraction of sp³-hybridized carbons (Fsp3) is 0.465. The van der Waals surface area contributed by atoms with Crippen LogP contribution in [0, 0.1) is 11.8 Å². The molecule has 2 amide bonds. The lowest BCUT2D eigenvalue weighted by Crippen LogP contribution is -2.44. The second kappa shape index (κ2) is 22.2. The number of fused-ring (bicyclic) bond motifs is 1. The van der Waals surface area contributed by atoms with Crippen molar-refractivity contribution in [3.63, 3.8) is 0 Å². The van der Waals surface area contributed by atoms with Gasteiger partial charge in [-0.05, 0) is 79.6 Å². The third-order valence-electron chi connectivity index (χ3n) is 10.1. The highest BCUT2D eigenvalue weighted by Gasteiger charge is 2.43. The summed E-state index contributed by atoms with van der Waals surface area (Å²) in [6.07, 6.45) is 10.5. The van der Waals surface area contributed by atoms with Gasteiger partial charge in [0.1, 0.15) is 11.6 Å². The van der Waals surface area contributed by atoms with Crippen molar-refractivity contribution < 1.29 is 38.9 Å². The molecular weight excluding hydrogens is 808 g/mol. The fourth-order valence-electron chi connectivity index (χ4n) is 7.11. The van der Waals surface area contributed by atoms with Gasteiger partial charge in [-0.3, -0.25) is 39.0 Å². The Balaban J connectivity index is 1.12. The van der Waals surface area contributed by atoms with E-state index in [0.717, 1.165) is 5.56 Å². The van der Waals surface area contributed by atoms with Gasteiger partial charge in [-0.1, -0.05) is 54.6 Å². The number of carbonyl (C=O) groups excluding carboxylic acids is 4. The third kappa shape index (κ3) is 12.8. The van der Waals surface area contributed by atoms with Gasteiger partial charge < -0.3 is 30.3 Å². The van der Waals surface area contributed by atoms with Crippen molar-refractivity contribution >= 4 is 62.4 Å². The number of nitrogens with zero attached hydrogens (tertiary/aromatic N) is 4. The Morgan fingerprint density at radius 2 is 1.81 bits per heavy atom. The van der Waals surface area contributed by atoms with Crippen LogP contribution in [0.4, 0.5) is 5.69 Å². The van der Waals surface area contributed by atoms with Crippen molar-refractivity contribution in [2.75, 3.05) is 25.0 Å². The summed E-state index contributed by atoms with van der Waals surface area (Å²) in [7, 11) is 0. The van der Waals surface area contributed by atoms with E-state index in [-0.39, 0.29) is 37.0 Å². The standard InChI is InChI=1S/C43H53BrN6O8/c1-3-45-37(53)14-10-5-4-9-13-32-31(18-17-30(51)16-15-29-11-7-6-8-12-29)35(52)27-36(32)58-39(55)22-21-38(54)57-28(2)42(56)50-26-25-48-43(50)49-33-19-20-34-41(40(33)44)47-24-23-46-34/h4,6-9,11-12,17-20,23-24,28,30-32,35-36,51-52H,3,5,10,13-16,21-22,25-27H2,1-2H3,(H,45,53)(H,48,49)/b9-4-,18-17+/t28?,30-,31-,32-,35-,36+/m1/s1. The number of hydrogen-bond donors (Lipinski definition) is 4. The van der Waals surface area contributed by atoms with Crippen molar-refractivity contribution in [3.05, 3.63) is 89.2 Å². The molecule has 1 saturated carbocycles. The molecule has 0 bridgehead atoms. The first-order chi connectivity index (χ1) is 28.0. The molecule has 58 heavy (non-hydrogen) atoms. The van der Waals surface area contributed by atoms with Gasteiger partial charge in [0.15, 0.2) is 6.10 Å². The molecule has 1 aromatic heterocycles. The number of anilines is 1. The number of aliphatic imine (C=N–C) groups is 1. The number of unbranched alkanes of at least 4 members (excludes halogenated alkanes) is 1. The number of nitrogens with one attached hydrogen (secondary N) is 2. The lowest BCUT2D eigenvalue weighted by atomic mass is 9.89. The summed E-state index contributed by atoms with van der Waals surface area (Å²) in [4.78, 5) is 65.6. The van der Waals surface area contributed by atoms with Crippen LogP contribution in [0.25, 0.3) is 11.0 Å². The van der Waals surface area contributed by atoms with Gasteiger partial charge in [0.25, 0.3) is 5.91 Å². The zero-order valence-electron chi connectivity index (χ0n) is 33.0. The Morgan fingerprint density at radius 3 is 2.60 bits per heavy atom. The molecule has 310 valence electrons. The van der Waals surface area contributed by atoms with Crippen LogP contribution in [-0.2, 0) is 35.1 Å². The van der Waals surface area contributed by atoms with E-state index in [1.54, 1.807) is 30.6 Å². The number of halogens is 1. The number of guanidine groups is 1. The third-order valence-corrected chi connectivity index (χ3v) is 10.9. The average Bonchev–Trinajstić information content (AvgIpc) is 3.80. The Labute approximate surface area is 347 Å². The first-order valence-electron chi connectivity index (χ1n) is 19.9. The molecule has 14 nitrogen and oxygen atoms in total. The van der Waals surface area contributed by atoms with Crippen LogP contribution in [0.1, 0.15) is 70.8 Å². The Hall–Kier alpha value is -4.99. The number of allylic oxidation sites excluding steroid dienone is 2. The van der Waals surface area contributed by atoms with Gasteiger partial charge in [0.2, 0.25) is 11.9 Å². The van der Waals surface area contributed by atoms with Crippen LogP contribution in [0.5, 0.6) is 0 Å². The molecule has 0 saturated heterocycles. The lowest BCUT2D eigenvalue weighted by molar-refractivity contribution is -0.160. The van der Waals surface area contributed by atoms with Gasteiger partial charge in [-0.25, -0.2) is 0 Å². The highest BCUT2D eigenvalue weighted by Crippen LogP contribution is 2.39. The number of aliphatic hydroxyl groups excluding tert-OH is 2. The molecule has 1 aliphatic heterocycles. The summed E-state index contributed by atoms with van der Waals surface area (Å²) in [5, 5.41) is 27.8. The minimum atomic E-state index is -1.14. The molecule has 0 spiro atoms. The molecule has 2 aromatic carbocycles. The molecule has 4 N–H and O–H groups in total. The van der Waals surface area contributed by atoms with E-state index in [2.05, 4.69) is 41.5 Å². The van der Waals surface area contributed by atoms with Gasteiger partial charge in [0, 0.05) is 50.2 Å². The minimum absolute atomic E-state index is 0.00741. The number of hydrogen-bond acceptors (Lipinski definition) is 12. The van der Waals surface area contributed by atoms with Crippen LogP contribution < -0.4 is 10.6 Å². The SMILES string of the molecule is CCNC(=O)CCC/C=C\C[C@@H]1[C@@H](/C=C/[C@H](O)CCc2ccccc2)[C@H](O)C[C@@H]1OC(=O)CCC(=O)OC(C)C(=O)N1CCN=C1Nc1ccc2nccnc2c1Br. The fourth-order valence-corrected chi connectivity index (χ4v) is 7.65. The Morgan fingerprint density at radius 1 is 1.03 bits per heavy atom. The van der Waals surface area contributed by atoms with E-state index in [0.29, 0.717) is 85.3 Å².